The van der Waals surface area contributed by atoms with Gasteiger partial charge in [-0.25, -0.2) is 4.98 Å². The molecule has 106 valence electrons. The summed E-state index contributed by atoms with van der Waals surface area (Å²) in [5, 5.41) is 8.68. The first-order chi connectivity index (χ1) is 9.63. The predicted octanol–water partition coefficient (Wildman–Crippen LogP) is 2.64. The van der Waals surface area contributed by atoms with Gasteiger partial charge >= 0.3 is 5.97 Å². The highest BCUT2D eigenvalue weighted by atomic mass is 32.2. The molecule has 0 aliphatic heterocycles. The van der Waals surface area contributed by atoms with Crippen LogP contribution in [-0.2, 0) is 11.2 Å². The number of aliphatic carboxylic acids is 1. The molecule has 0 atom stereocenters. The second-order valence-electron chi connectivity index (χ2n) is 4.02. The maximum Gasteiger partial charge on any atom is 0.307 e. The van der Waals surface area contributed by atoms with E-state index in [4.69, 9.17) is 9.84 Å². The Balaban J connectivity index is 1.72. The Morgan fingerprint density at radius 1 is 1.40 bits per heavy atom. The van der Waals surface area contributed by atoms with Gasteiger partial charge in [0.1, 0.15) is 11.6 Å². The zero-order valence-corrected chi connectivity index (χ0v) is 12.5. The topological polar surface area (TPSA) is 72.3 Å². The maximum absolute atomic E-state index is 10.6. The molecule has 0 amide bonds. The van der Waals surface area contributed by atoms with Crippen LogP contribution < -0.4 is 4.74 Å². The molecule has 7 heteroatoms. The maximum atomic E-state index is 10.6. The lowest BCUT2D eigenvalue weighted by Gasteiger charge is -2.05. The van der Waals surface area contributed by atoms with Crippen LogP contribution in [-0.4, -0.2) is 32.8 Å². The number of nitrogens with zero attached hydrogens (tertiary/aromatic N) is 2. The van der Waals surface area contributed by atoms with Crippen LogP contribution in [0.4, 0.5) is 0 Å². The Morgan fingerprint density at radius 3 is 2.75 bits per heavy atom. The van der Waals surface area contributed by atoms with Gasteiger partial charge in [0.2, 0.25) is 0 Å². The van der Waals surface area contributed by atoms with Gasteiger partial charge < -0.3 is 9.84 Å². The molecule has 1 heterocycles. The van der Waals surface area contributed by atoms with Crippen molar-refractivity contribution in [1.29, 1.82) is 0 Å². The molecule has 0 bridgehead atoms. The van der Waals surface area contributed by atoms with Crippen molar-refractivity contribution in [2.45, 2.75) is 17.7 Å². The third-order valence-electron chi connectivity index (χ3n) is 2.37. The third-order valence-corrected chi connectivity index (χ3v) is 4.25. The van der Waals surface area contributed by atoms with Crippen molar-refractivity contribution in [3.63, 3.8) is 0 Å². The Hall–Kier alpha value is -1.60. The summed E-state index contributed by atoms with van der Waals surface area (Å²) in [5.41, 5.74) is 0.767. The van der Waals surface area contributed by atoms with Gasteiger partial charge in [-0.15, -0.1) is 0 Å². The van der Waals surface area contributed by atoms with Gasteiger partial charge in [-0.3, -0.25) is 4.79 Å². The lowest BCUT2D eigenvalue weighted by atomic mass is 10.1. The standard InChI is InChI=1S/C13H14N2O3S2/c1-9-14-13(20-15-9)19-7-6-18-11-4-2-10(3-5-11)8-12(16)17/h2-5H,6-8H2,1H3,(H,16,17). The van der Waals surface area contributed by atoms with E-state index >= 15 is 0 Å². The molecular formula is C13H14N2O3S2. The number of thioether (sulfide) groups is 1. The minimum atomic E-state index is -0.831. The van der Waals surface area contributed by atoms with Gasteiger partial charge in [0, 0.05) is 5.75 Å². The van der Waals surface area contributed by atoms with Gasteiger partial charge in [0.05, 0.1) is 13.0 Å². The molecule has 0 radical (unpaired) electrons. The molecule has 0 aliphatic carbocycles. The Bertz CT molecular complexity index is 569. The lowest BCUT2D eigenvalue weighted by Crippen LogP contribution is -2.02. The second-order valence-corrected chi connectivity index (χ2v) is 6.11. The van der Waals surface area contributed by atoms with Crippen LogP contribution in [0.15, 0.2) is 28.6 Å². The quantitative estimate of drug-likeness (QED) is 0.626. The van der Waals surface area contributed by atoms with Crippen molar-refractivity contribution in [3.8, 4) is 5.75 Å². The number of hydrogen-bond acceptors (Lipinski definition) is 6. The SMILES string of the molecule is Cc1nsc(SCCOc2ccc(CC(=O)O)cc2)n1. The number of carboxylic acids is 1. The molecule has 1 N–H and O–H groups in total. The van der Waals surface area contributed by atoms with Crippen LogP contribution in [0.25, 0.3) is 0 Å². The number of benzene rings is 1. The van der Waals surface area contributed by atoms with Crippen LogP contribution in [0.1, 0.15) is 11.4 Å². The van der Waals surface area contributed by atoms with Crippen molar-refractivity contribution in [3.05, 3.63) is 35.7 Å². The summed E-state index contributed by atoms with van der Waals surface area (Å²) in [6, 6.07) is 7.12. The molecule has 0 saturated carbocycles. The van der Waals surface area contributed by atoms with Crippen molar-refractivity contribution >= 4 is 29.3 Å². The van der Waals surface area contributed by atoms with Crippen molar-refractivity contribution < 1.29 is 14.6 Å². The Labute approximate surface area is 125 Å². The van der Waals surface area contributed by atoms with Crippen molar-refractivity contribution in [2.24, 2.45) is 0 Å². The van der Waals surface area contributed by atoms with E-state index in [1.807, 2.05) is 6.92 Å². The fourth-order valence-electron chi connectivity index (χ4n) is 1.50. The van der Waals surface area contributed by atoms with Gasteiger partial charge in [-0.1, -0.05) is 23.9 Å². The summed E-state index contributed by atoms with van der Waals surface area (Å²) in [5.74, 6) is 1.51. The summed E-state index contributed by atoms with van der Waals surface area (Å²) < 4.78 is 10.6. The molecule has 0 unspecified atom stereocenters. The number of aromatic nitrogens is 2. The normalized spacial score (nSPS) is 10.4. The molecule has 20 heavy (non-hydrogen) atoms. The van der Waals surface area contributed by atoms with E-state index in [0.29, 0.717) is 6.61 Å². The second kappa shape index (κ2) is 7.25. The highest BCUT2D eigenvalue weighted by Gasteiger charge is 2.02. The van der Waals surface area contributed by atoms with E-state index in [0.717, 1.165) is 27.2 Å². The average Bonchev–Trinajstić information content (AvgIpc) is 2.82. The summed E-state index contributed by atoms with van der Waals surface area (Å²) in [6.07, 6.45) is 0.0343. The zero-order valence-electron chi connectivity index (χ0n) is 10.9. The fraction of sp³-hybridized carbons (Fsp3) is 0.308. The average molecular weight is 310 g/mol. The minimum Gasteiger partial charge on any atom is -0.493 e. The molecule has 1 aromatic heterocycles. The van der Waals surface area contributed by atoms with E-state index in [1.54, 1.807) is 36.0 Å². The van der Waals surface area contributed by atoms with Crippen LogP contribution in [0.5, 0.6) is 5.75 Å². The largest absolute Gasteiger partial charge is 0.493 e. The number of carboxylic acid groups (broad SMARTS) is 1. The van der Waals surface area contributed by atoms with Crippen LogP contribution in [0.3, 0.4) is 0 Å². The molecule has 0 aliphatic rings. The smallest absolute Gasteiger partial charge is 0.307 e. The molecular weight excluding hydrogens is 296 g/mol. The summed E-state index contributed by atoms with van der Waals surface area (Å²) in [4.78, 5) is 14.8. The first-order valence-corrected chi connectivity index (χ1v) is 7.76. The number of rotatable bonds is 7. The molecule has 2 rings (SSSR count). The summed E-state index contributed by atoms with van der Waals surface area (Å²) >= 11 is 3.01. The van der Waals surface area contributed by atoms with Crippen molar-refractivity contribution in [1.82, 2.24) is 9.36 Å². The minimum absolute atomic E-state index is 0.0343. The predicted molar refractivity (Wildman–Crippen MR) is 78.6 cm³/mol. The van der Waals surface area contributed by atoms with Crippen LogP contribution in [0.2, 0.25) is 0 Å². The zero-order chi connectivity index (χ0) is 14.4. The van der Waals surface area contributed by atoms with Crippen LogP contribution >= 0.6 is 23.3 Å². The van der Waals surface area contributed by atoms with E-state index in [2.05, 4.69) is 9.36 Å². The highest BCUT2D eigenvalue weighted by Crippen LogP contribution is 2.20. The number of ether oxygens (including phenoxy) is 1. The summed E-state index contributed by atoms with van der Waals surface area (Å²) in [7, 11) is 0. The van der Waals surface area contributed by atoms with Gasteiger partial charge in [0.15, 0.2) is 4.34 Å². The monoisotopic (exact) mass is 310 g/mol. The fourth-order valence-corrected chi connectivity index (χ4v) is 3.04. The number of hydrogen-bond donors (Lipinski definition) is 1. The van der Waals surface area contributed by atoms with E-state index < -0.39 is 5.97 Å². The molecule has 1 aromatic carbocycles. The molecule has 0 fully saturated rings. The first-order valence-electron chi connectivity index (χ1n) is 6.00. The first kappa shape index (κ1) is 14.8. The van der Waals surface area contributed by atoms with Crippen LogP contribution in [0, 0.1) is 6.92 Å². The van der Waals surface area contributed by atoms with Gasteiger partial charge in [-0.05, 0) is 36.2 Å². The lowest BCUT2D eigenvalue weighted by molar-refractivity contribution is -0.136. The number of carbonyl (C=O) groups is 1. The van der Waals surface area contributed by atoms with Gasteiger partial charge in [0.25, 0.3) is 0 Å². The number of aryl methyl sites for hydroxylation is 1. The molecule has 2 aromatic rings. The highest BCUT2D eigenvalue weighted by molar-refractivity contribution is 8.00. The Morgan fingerprint density at radius 2 is 2.15 bits per heavy atom. The summed E-state index contributed by atoms with van der Waals surface area (Å²) in [6.45, 7) is 2.44. The third kappa shape index (κ3) is 4.82. The molecule has 0 spiro atoms. The molecule has 5 nitrogen and oxygen atoms in total. The molecule has 0 saturated heterocycles. The van der Waals surface area contributed by atoms with E-state index in [1.165, 1.54) is 11.5 Å². The van der Waals surface area contributed by atoms with Crippen molar-refractivity contribution in [2.75, 3.05) is 12.4 Å². The van der Waals surface area contributed by atoms with E-state index in [-0.39, 0.29) is 6.42 Å². The van der Waals surface area contributed by atoms with E-state index in [9.17, 15) is 4.79 Å². The van der Waals surface area contributed by atoms with Gasteiger partial charge in [-0.2, -0.15) is 4.37 Å². The Kier molecular flexibility index (Phi) is 5.37.